The summed E-state index contributed by atoms with van der Waals surface area (Å²) in [5, 5.41) is 21.2. The first-order valence-electron chi connectivity index (χ1n) is 9.67. The molecule has 0 aliphatic carbocycles. The van der Waals surface area contributed by atoms with Gasteiger partial charge in [0, 0.05) is 23.7 Å². The maximum absolute atomic E-state index is 13.6. The zero-order valence-corrected chi connectivity index (χ0v) is 18.8. The molecule has 3 N–H and O–H groups in total. The number of nitrogens with one attached hydrogen (secondary N) is 1. The Kier molecular flexibility index (Phi) is 5.75. The lowest BCUT2D eigenvalue weighted by Crippen LogP contribution is -2.21. The fraction of sp³-hybridized carbons (Fsp3) is 0.211. The number of primary amides is 1. The average molecular weight is 508 g/mol. The quantitative estimate of drug-likeness (QED) is 0.299. The molecule has 35 heavy (non-hydrogen) atoms. The summed E-state index contributed by atoms with van der Waals surface area (Å²) in [5.74, 6) is -1.74. The number of anilines is 1. The summed E-state index contributed by atoms with van der Waals surface area (Å²) in [6.07, 6.45) is -1.44. The molecule has 0 aliphatic heterocycles. The van der Waals surface area contributed by atoms with Crippen molar-refractivity contribution < 1.29 is 27.7 Å². The van der Waals surface area contributed by atoms with Gasteiger partial charge < -0.3 is 11.1 Å². The van der Waals surface area contributed by atoms with E-state index in [4.69, 9.17) is 5.73 Å². The van der Waals surface area contributed by atoms with E-state index in [-0.39, 0.29) is 32.0 Å². The van der Waals surface area contributed by atoms with Crippen LogP contribution in [0.5, 0.6) is 0 Å². The second-order valence-electron chi connectivity index (χ2n) is 7.37. The number of fused-ring (bicyclic) bond motifs is 1. The first kappa shape index (κ1) is 23.8. The predicted octanol–water partition coefficient (Wildman–Crippen LogP) is 2.87. The third-order valence-electron chi connectivity index (χ3n) is 5.10. The van der Waals surface area contributed by atoms with Crippen LogP contribution < -0.4 is 11.1 Å². The molecule has 4 heterocycles. The summed E-state index contributed by atoms with van der Waals surface area (Å²) in [6.45, 7) is 1.17. The van der Waals surface area contributed by atoms with Crippen molar-refractivity contribution in [1.82, 2.24) is 24.5 Å². The smallest absolute Gasteiger partial charge is 0.365 e. The molecular weight excluding hydrogens is 493 g/mol. The topological polar surface area (TPSA) is 164 Å². The van der Waals surface area contributed by atoms with Crippen molar-refractivity contribution in [3.05, 3.63) is 51.0 Å². The second-order valence-corrected chi connectivity index (χ2v) is 8.37. The van der Waals surface area contributed by atoms with Crippen molar-refractivity contribution >= 4 is 44.7 Å². The van der Waals surface area contributed by atoms with Gasteiger partial charge in [-0.15, -0.1) is 11.3 Å². The first-order chi connectivity index (χ1) is 16.4. The highest BCUT2D eigenvalue weighted by molar-refractivity contribution is 7.21. The Balaban J connectivity index is 1.87. The highest BCUT2D eigenvalue weighted by Crippen LogP contribution is 2.44. The van der Waals surface area contributed by atoms with Gasteiger partial charge in [-0.25, -0.2) is 4.98 Å². The summed E-state index contributed by atoms with van der Waals surface area (Å²) in [7, 11) is 1.61. The van der Waals surface area contributed by atoms with E-state index in [0.717, 1.165) is 23.1 Å². The molecule has 0 unspecified atom stereocenters. The van der Waals surface area contributed by atoms with E-state index >= 15 is 0 Å². The summed E-state index contributed by atoms with van der Waals surface area (Å²) in [4.78, 5) is 38.3. The number of amides is 2. The third kappa shape index (κ3) is 4.42. The van der Waals surface area contributed by atoms with E-state index in [9.17, 15) is 32.9 Å². The van der Waals surface area contributed by atoms with E-state index < -0.39 is 35.2 Å². The lowest BCUT2D eigenvalue weighted by molar-refractivity contribution is -0.385. The standard InChI is InChI=1S/C19H15F3N8O4S/c1-8-11(5-24-28(8)2)10-3-12(19(20,21)22)26-18-14(10)15(16(35-18)17(23)32)27-13(31)7-29-6-9(4-25-29)30(33)34/h3-6H,7H2,1-2H3,(H2,23,32)(H,27,31). The number of rotatable bonds is 6. The number of aromatic nitrogens is 5. The van der Waals surface area contributed by atoms with Crippen molar-refractivity contribution in [3.8, 4) is 11.1 Å². The Morgan fingerprint density at radius 3 is 2.51 bits per heavy atom. The number of thiophene rings is 1. The van der Waals surface area contributed by atoms with Crippen molar-refractivity contribution in [2.75, 3.05) is 5.32 Å². The number of nitrogens with zero attached hydrogens (tertiary/aromatic N) is 6. The molecule has 0 fully saturated rings. The highest BCUT2D eigenvalue weighted by atomic mass is 32.1. The number of hydrogen-bond donors (Lipinski definition) is 2. The first-order valence-corrected chi connectivity index (χ1v) is 10.5. The van der Waals surface area contributed by atoms with Crippen LogP contribution in [0, 0.1) is 17.0 Å². The van der Waals surface area contributed by atoms with Crippen molar-refractivity contribution in [1.29, 1.82) is 0 Å². The molecule has 0 saturated carbocycles. The monoisotopic (exact) mass is 508 g/mol. The number of alkyl halides is 3. The summed E-state index contributed by atoms with van der Waals surface area (Å²) >= 11 is 0.601. The molecule has 0 radical (unpaired) electrons. The van der Waals surface area contributed by atoms with Crippen LogP contribution in [0.1, 0.15) is 21.1 Å². The van der Waals surface area contributed by atoms with Gasteiger partial charge in [0.1, 0.15) is 34.3 Å². The van der Waals surface area contributed by atoms with Crippen LogP contribution in [-0.2, 0) is 24.6 Å². The number of hydrogen-bond acceptors (Lipinski definition) is 8. The van der Waals surface area contributed by atoms with Crippen LogP contribution in [0.3, 0.4) is 0 Å². The van der Waals surface area contributed by atoms with Gasteiger partial charge in [-0.1, -0.05) is 0 Å². The number of carbonyl (C=O) groups is 2. The largest absolute Gasteiger partial charge is 0.433 e. The molecule has 0 aliphatic rings. The molecule has 16 heteroatoms. The zero-order chi connectivity index (χ0) is 25.7. The minimum Gasteiger partial charge on any atom is -0.365 e. The maximum atomic E-state index is 13.6. The summed E-state index contributed by atoms with van der Waals surface area (Å²) in [6, 6.07) is 0.816. The van der Waals surface area contributed by atoms with Gasteiger partial charge in [0.15, 0.2) is 0 Å². The second kappa shape index (κ2) is 8.46. The number of nitro groups is 1. The molecule has 0 bridgehead atoms. The van der Waals surface area contributed by atoms with E-state index in [0.29, 0.717) is 22.6 Å². The number of aryl methyl sites for hydroxylation is 1. The Hall–Kier alpha value is -4.34. The van der Waals surface area contributed by atoms with Crippen LogP contribution in [0.4, 0.5) is 24.5 Å². The Morgan fingerprint density at radius 2 is 1.97 bits per heavy atom. The van der Waals surface area contributed by atoms with Crippen molar-refractivity contribution in [2.24, 2.45) is 12.8 Å². The molecule has 0 aromatic carbocycles. The molecule has 2 amide bonds. The summed E-state index contributed by atoms with van der Waals surface area (Å²) in [5.41, 5.74) is 4.70. The third-order valence-corrected chi connectivity index (χ3v) is 6.20. The Labute approximate surface area is 197 Å². The van der Waals surface area contributed by atoms with E-state index in [1.807, 2.05) is 0 Å². The molecule has 0 atom stereocenters. The van der Waals surface area contributed by atoms with Gasteiger partial charge >= 0.3 is 11.9 Å². The molecule has 12 nitrogen and oxygen atoms in total. The molecule has 4 aromatic heterocycles. The molecule has 4 rings (SSSR count). The summed E-state index contributed by atoms with van der Waals surface area (Å²) < 4.78 is 43.2. The average Bonchev–Trinajstić information content (AvgIpc) is 3.45. The lowest BCUT2D eigenvalue weighted by Gasteiger charge is -2.12. The molecule has 0 spiro atoms. The lowest BCUT2D eigenvalue weighted by atomic mass is 10.0. The number of pyridine rings is 1. The number of carbonyl (C=O) groups excluding carboxylic acids is 2. The maximum Gasteiger partial charge on any atom is 0.433 e. The highest BCUT2D eigenvalue weighted by Gasteiger charge is 2.35. The van der Waals surface area contributed by atoms with Crippen molar-refractivity contribution in [2.45, 2.75) is 19.6 Å². The fourth-order valence-electron chi connectivity index (χ4n) is 3.37. The molecular formula is C19H15F3N8O4S. The van der Waals surface area contributed by atoms with Crippen LogP contribution >= 0.6 is 11.3 Å². The Morgan fingerprint density at radius 1 is 1.26 bits per heavy atom. The van der Waals surface area contributed by atoms with Gasteiger partial charge in [-0.2, -0.15) is 23.4 Å². The Bertz CT molecular complexity index is 1500. The molecule has 0 saturated heterocycles. The molecule has 182 valence electrons. The number of halogens is 3. The van der Waals surface area contributed by atoms with Gasteiger partial charge in [-0.05, 0) is 18.6 Å². The van der Waals surface area contributed by atoms with Crippen molar-refractivity contribution in [3.63, 3.8) is 0 Å². The zero-order valence-electron chi connectivity index (χ0n) is 18.0. The van der Waals surface area contributed by atoms with E-state index in [2.05, 4.69) is 20.5 Å². The van der Waals surface area contributed by atoms with E-state index in [1.165, 1.54) is 10.9 Å². The molecule has 4 aromatic rings. The van der Waals surface area contributed by atoms with Gasteiger partial charge in [0.05, 0.1) is 16.8 Å². The fourth-order valence-corrected chi connectivity index (χ4v) is 4.38. The van der Waals surface area contributed by atoms with Crippen LogP contribution in [-0.4, -0.2) is 41.3 Å². The predicted molar refractivity (Wildman–Crippen MR) is 118 cm³/mol. The van der Waals surface area contributed by atoms with Crippen LogP contribution in [0.25, 0.3) is 21.3 Å². The van der Waals surface area contributed by atoms with Gasteiger partial charge in [0.2, 0.25) is 5.91 Å². The van der Waals surface area contributed by atoms with Crippen LogP contribution in [0.2, 0.25) is 0 Å². The van der Waals surface area contributed by atoms with Crippen LogP contribution in [0.15, 0.2) is 24.7 Å². The van der Waals surface area contributed by atoms with Gasteiger partial charge in [0.25, 0.3) is 5.91 Å². The van der Waals surface area contributed by atoms with E-state index in [1.54, 1.807) is 14.0 Å². The number of nitrogens with two attached hydrogens (primary N) is 1. The minimum absolute atomic E-state index is 0.0432. The SMILES string of the molecule is Cc1c(-c2cc(C(F)(F)F)nc3sc(C(N)=O)c(NC(=O)Cn4cc([N+](=O)[O-])cn4)c23)cnn1C. The van der Waals surface area contributed by atoms with Gasteiger partial charge in [-0.3, -0.25) is 29.1 Å². The minimum atomic E-state index is -4.78. The normalized spacial score (nSPS) is 11.7.